The molecule has 1 aromatic carbocycles. The van der Waals surface area contributed by atoms with Crippen molar-refractivity contribution in [1.82, 2.24) is 20.4 Å². The summed E-state index contributed by atoms with van der Waals surface area (Å²) in [5, 5.41) is 11.2. The molecule has 0 unspecified atom stereocenters. The highest BCUT2D eigenvalue weighted by Gasteiger charge is 2.02. The topological polar surface area (TPSA) is 63.5 Å². The minimum absolute atomic E-state index is 0. The van der Waals surface area contributed by atoms with Crippen LogP contribution in [0.25, 0.3) is 0 Å². The van der Waals surface area contributed by atoms with Crippen LogP contribution in [0.2, 0.25) is 0 Å². The molecular formula is C19H30IN5O. The predicted molar refractivity (Wildman–Crippen MR) is 118 cm³/mol. The van der Waals surface area contributed by atoms with Crippen LogP contribution in [0.15, 0.2) is 35.3 Å². The summed E-state index contributed by atoms with van der Waals surface area (Å²) in [6, 6.07) is 10.2. The van der Waals surface area contributed by atoms with Gasteiger partial charge < -0.3 is 15.4 Å². The highest BCUT2D eigenvalue weighted by Crippen LogP contribution is 2.12. The molecule has 0 saturated heterocycles. The average molecular weight is 471 g/mol. The van der Waals surface area contributed by atoms with Crippen molar-refractivity contribution < 1.29 is 4.74 Å². The zero-order valence-electron chi connectivity index (χ0n) is 16.1. The Morgan fingerprint density at radius 2 is 1.96 bits per heavy atom. The van der Waals surface area contributed by atoms with Crippen LogP contribution < -0.4 is 15.4 Å². The standard InChI is InChI=1S/C19H29N5O.HI/c1-15-13-16(2)24(23-15)12-6-10-21-19(20-3)22-11-9-17-7-5-8-18(14-17)25-4;/h5,7-8,13-14H,6,9-12H2,1-4H3,(H2,20,21,22);1H. The third-order valence-corrected chi connectivity index (χ3v) is 4.01. The molecule has 2 rings (SSSR count). The Hall–Kier alpha value is -1.77. The smallest absolute Gasteiger partial charge is 0.190 e. The van der Waals surface area contributed by atoms with E-state index < -0.39 is 0 Å². The number of benzene rings is 1. The van der Waals surface area contributed by atoms with Crippen molar-refractivity contribution in [2.45, 2.75) is 33.2 Å². The normalized spacial score (nSPS) is 11.0. The number of nitrogens with one attached hydrogen (secondary N) is 2. The molecule has 0 bridgehead atoms. The lowest BCUT2D eigenvalue weighted by Crippen LogP contribution is -2.39. The molecule has 0 radical (unpaired) electrons. The summed E-state index contributed by atoms with van der Waals surface area (Å²) in [4.78, 5) is 4.27. The Balaban J connectivity index is 0.00000338. The summed E-state index contributed by atoms with van der Waals surface area (Å²) in [6.45, 7) is 6.71. The first-order chi connectivity index (χ1) is 12.1. The van der Waals surface area contributed by atoms with Gasteiger partial charge in [-0.3, -0.25) is 9.67 Å². The van der Waals surface area contributed by atoms with Crippen molar-refractivity contribution in [3.8, 4) is 5.75 Å². The number of halogens is 1. The predicted octanol–water partition coefficient (Wildman–Crippen LogP) is 2.92. The van der Waals surface area contributed by atoms with E-state index in [0.29, 0.717) is 0 Å². The molecule has 144 valence electrons. The van der Waals surface area contributed by atoms with Crippen molar-refractivity contribution in [2.24, 2.45) is 4.99 Å². The molecule has 2 aromatic rings. The van der Waals surface area contributed by atoms with Crippen LogP contribution in [0.4, 0.5) is 0 Å². The van der Waals surface area contributed by atoms with E-state index in [4.69, 9.17) is 4.74 Å². The zero-order chi connectivity index (χ0) is 18.1. The number of aryl methyl sites for hydroxylation is 3. The number of hydrogen-bond acceptors (Lipinski definition) is 3. The minimum atomic E-state index is 0. The van der Waals surface area contributed by atoms with Gasteiger partial charge in [-0.15, -0.1) is 24.0 Å². The van der Waals surface area contributed by atoms with Crippen LogP contribution >= 0.6 is 24.0 Å². The Labute approximate surface area is 173 Å². The Morgan fingerprint density at radius 1 is 1.19 bits per heavy atom. The number of aromatic nitrogens is 2. The lowest BCUT2D eigenvalue weighted by Gasteiger charge is -2.12. The number of hydrogen-bond donors (Lipinski definition) is 2. The van der Waals surface area contributed by atoms with Gasteiger partial charge in [0, 0.05) is 32.4 Å². The lowest BCUT2D eigenvalue weighted by atomic mass is 10.1. The fourth-order valence-corrected chi connectivity index (χ4v) is 2.71. The maximum absolute atomic E-state index is 5.25. The molecule has 0 atom stereocenters. The number of guanidine groups is 1. The van der Waals surface area contributed by atoms with E-state index in [-0.39, 0.29) is 24.0 Å². The van der Waals surface area contributed by atoms with E-state index in [1.54, 1.807) is 14.2 Å². The van der Waals surface area contributed by atoms with E-state index in [1.807, 2.05) is 19.1 Å². The number of nitrogens with zero attached hydrogens (tertiary/aromatic N) is 3. The van der Waals surface area contributed by atoms with Crippen molar-refractivity contribution in [1.29, 1.82) is 0 Å². The summed E-state index contributed by atoms with van der Waals surface area (Å²) in [7, 11) is 3.48. The molecule has 7 heteroatoms. The van der Waals surface area contributed by atoms with Crippen LogP contribution in [0.1, 0.15) is 23.4 Å². The molecule has 1 aromatic heterocycles. The minimum Gasteiger partial charge on any atom is -0.497 e. The second-order valence-electron chi connectivity index (χ2n) is 6.03. The van der Waals surface area contributed by atoms with Gasteiger partial charge in [0.2, 0.25) is 0 Å². The molecule has 1 heterocycles. The van der Waals surface area contributed by atoms with Gasteiger partial charge in [0.1, 0.15) is 5.75 Å². The van der Waals surface area contributed by atoms with Crippen LogP contribution in [-0.2, 0) is 13.0 Å². The zero-order valence-corrected chi connectivity index (χ0v) is 18.4. The first-order valence-corrected chi connectivity index (χ1v) is 8.71. The molecule has 6 nitrogen and oxygen atoms in total. The molecule has 0 fully saturated rings. The second-order valence-corrected chi connectivity index (χ2v) is 6.03. The molecule has 0 aliphatic rings. The van der Waals surface area contributed by atoms with Gasteiger partial charge in [-0.25, -0.2) is 0 Å². The number of rotatable bonds is 8. The van der Waals surface area contributed by atoms with Crippen molar-refractivity contribution in [3.63, 3.8) is 0 Å². The Bertz CT molecular complexity index is 699. The summed E-state index contributed by atoms with van der Waals surface area (Å²) in [6.07, 6.45) is 1.92. The lowest BCUT2D eigenvalue weighted by molar-refractivity contribution is 0.414. The van der Waals surface area contributed by atoms with E-state index in [9.17, 15) is 0 Å². The Morgan fingerprint density at radius 3 is 2.62 bits per heavy atom. The largest absolute Gasteiger partial charge is 0.497 e. The van der Waals surface area contributed by atoms with Crippen LogP contribution in [-0.4, -0.2) is 43.0 Å². The van der Waals surface area contributed by atoms with Gasteiger partial charge in [-0.1, -0.05) is 12.1 Å². The molecule has 0 aliphatic carbocycles. The third-order valence-electron chi connectivity index (χ3n) is 4.01. The molecule has 2 N–H and O–H groups in total. The van der Waals surface area contributed by atoms with E-state index in [1.165, 1.54) is 11.3 Å². The summed E-state index contributed by atoms with van der Waals surface area (Å²) < 4.78 is 7.30. The SMILES string of the molecule is CN=C(NCCCn1nc(C)cc1C)NCCc1cccc(OC)c1.I. The first-order valence-electron chi connectivity index (χ1n) is 8.71. The highest BCUT2D eigenvalue weighted by atomic mass is 127. The first kappa shape index (κ1) is 22.3. The number of aliphatic imine (C=N–C) groups is 1. The average Bonchev–Trinajstić information content (AvgIpc) is 2.94. The highest BCUT2D eigenvalue weighted by molar-refractivity contribution is 14.0. The number of ether oxygens (including phenoxy) is 1. The summed E-state index contributed by atoms with van der Waals surface area (Å²) in [5.41, 5.74) is 3.52. The van der Waals surface area contributed by atoms with Crippen LogP contribution in [0.5, 0.6) is 5.75 Å². The molecule has 0 amide bonds. The van der Waals surface area contributed by atoms with Crippen molar-refractivity contribution in [2.75, 3.05) is 27.2 Å². The second kappa shape index (κ2) is 11.8. The van der Waals surface area contributed by atoms with Crippen LogP contribution in [0, 0.1) is 13.8 Å². The van der Waals surface area contributed by atoms with Gasteiger partial charge in [0.25, 0.3) is 0 Å². The summed E-state index contributed by atoms with van der Waals surface area (Å²) >= 11 is 0. The van der Waals surface area contributed by atoms with Gasteiger partial charge in [0.05, 0.1) is 12.8 Å². The van der Waals surface area contributed by atoms with Gasteiger partial charge in [-0.05, 0) is 50.5 Å². The number of methoxy groups -OCH3 is 1. The maximum Gasteiger partial charge on any atom is 0.190 e. The monoisotopic (exact) mass is 471 g/mol. The van der Waals surface area contributed by atoms with E-state index in [2.05, 4.69) is 50.5 Å². The quantitative estimate of drug-likeness (QED) is 0.269. The molecule has 0 aliphatic heterocycles. The maximum atomic E-state index is 5.25. The molecule has 0 spiro atoms. The fraction of sp³-hybridized carbons (Fsp3) is 0.474. The molecule has 0 saturated carbocycles. The van der Waals surface area contributed by atoms with Gasteiger partial charge >= 0.3 is 0 Å². The van der Waals surface area contributed by atoms with Crippen molar-refractivity contribution in [3.05, 3.63) is 47.3 Å². The molecular weight excluding hydrogens is 441 g/mol. The van der Waals surface area contributed by atoms with Crippen LogP contribution in [0.3, 0.4) is 0 Å². The Kier molecular flexibility index (Phi) is 10.1. The van der Waals surface area contributed by atoms with E-state index in [0.717, 1.165) is 49.9 Å². The summed E-state index contributed by atoms with van der Waals surface area (Å²) in [5.74, 6) is 1.72. The van der Waals surface area contributed by atoms with Gasteiger partial charge in [-0.2, -0.15) is 5.10 Å². The van der Waals surface area contributed by atoms with Crippen molar-refractivity contribution >= 4 is 29.9 Å². The van der Waals surface area contributed by atoms with E-state index >= 15 is 0 Å². The third kappa shape index (κ3) is 7.23. The van der Waals surface area contributed by atoms with Gasteiger partial charge in [0.15, 0.2) is 5.96 Å². The molecule has 26 heavy (non-hydrogen) atoms. The fourth-order valence-electron chi connectivity index (χ4n) is 2.71.